The molecule has 0 bridgehead atoms. The highest BCUT2D eigenvalue weighted by atomic mass is 15.0. The Morgan fingerprint density at radius 2 is 2.00 bits per heavy atom. The molecule has 108 valence electrons. The lowest BCUT2D eigenvalue weighted by Gasteiger charge is -2.13. The Morgan fingerprint density at radius 1 is 1.20 bits per heavy atom. The second-order valence-electron chi connectivity index (χ2n) is 5.68. The molecule has 2 rings (SSSR count). The van der Waals surface area contributed by atoms with Crippen molar-refractivity contribution in [1.29, 1.82) is 0 Å². The summed E-state index contributed by atoms with van der Waals surface area (Å²) in [4.78, 5) is 0. The highest BCUT2D eigenvalue weighted by molar-refractivity contribution is 5.31. The Bertz CT molecular complexity index is 554. The number of nitrogens with one attached hydrogen (secondary N) is 1. The quantitative estimate of drug-likeness (QED) is 0.832. The molecule has 1 aromatic carbocycles. The monoisotopic (exact) mass is 270 g/mol. The third-order valence-electron chi connectivity index (χ3n) is 3.96. The largest absolute Gasteiger partial charge is 0.350 e. The van der Waals surface area contributed by atoms with Gasteiger partial charge in [0.05, 0.1) is 0 Å². The van der Waals surface area contributed by atoms with E-state index in [1.807, 2.05) is 7.05 Å². The lowest BCUT2D eigenvalue weighted by molar-refractivity contribution is 0.540. The summed E-state index contributed by atoms with van der Waals surface area (Å²) in [5.74, 6) is 0. The lowest BCUT2D eigenvalue weighted by Crippen LogP contribution is -2.15. The number of hydrogen-bond donors (Lipinski definition) is 1. The molecular weight excluding hydrogens is 244 g/mol. The van der Waals surface area contributed by atoms with Crippen LogP contribution in [0.1, 0.15) is 48.1 Å². The normalized spacial score (nSPS) is 12.6. The molecule has 2 heteroatoms. The number of aryl methyl sites for hydroxylation is 2. The Morgan fingerprint density at radius 3 is 2.70 bits per heavy atom. The van der Waals surface area contributed by atoms with Gasteiger partial charge in [-0.1, -0.05) is 37.1 Å². The zero-order chi connectivity index (χ0) is 14.5. The highest BCUT2D eigenvalue weighted by Crippen LogP contribution is 2.19. The van der Waals surface area contributed by atoms with Gasteiger partial charge >= 0.3 is 0 Å². The lowest BCUT2D eigenvalue weighted by atomic mass is 10.1. The maximum Gasteiger partial charge on any atom is 0.0473 e. The van der Waals surface area contributed by atoms with Crippen molar-refractivity contribution in [2.24, 2.45) is 0 Å². The first-order valence-corrected chi connectivity index (χ1v) is 7.53. The van der Waals surface area contributed by atoms with Gasteiger partial charge in [0.2, 0.25) is 0 Å². The Balaban J connectivity index is 2.14. The standard InChI is InChI=1S/C18H26N2/c1-5-6-18(19-4)16-9-10-20(12-16)13-17-11-14(2)7-8-15(17)3/h7-12,18-19H,5-6,13H2,1-4H3. The van der Waals surface area contributed by atoms with Gasteiger partial charge in [0, 0.05) is 25.0 Å². The predicted molar refractivity (Wildman–Crippen MR) is 86.2 cm³/mol. The van der Waals surface area contributed by atoms with Crippen LogP contribution in [0.15, 0.2) is 36.7 Å². The Hall–Kier alpha value is -1.54. The summed E-state index contributed by atoms with van der Waals surface area (Å²) < 4.78 is 2.29. The third kappa shape index (κ3) is 3.51. The highest BCUT2D eigenvalue weighted by Gasteiger charge is 2.09. The van der Waals surface area contributed by atoms with Crippen LogP contribution >= 0.6 is 0 Å². The molecule has 0 aliphatic carbocycles. The summed E-state index contributed by atoms with van der Waals surface area (Å²) in [5.41, 5.74) is 5.49. The Labute approximate surface area is 122 Å². The van der Waals surface area contributed by atoms with Crippen LogP contribution in [0.5, 0.6) is 0 Å². The molecule has 0 radical (unpaired) electrons. The third-order valence-corrected chi connectivity index (χ3v) is 3.96. The molecule has 2 aromatic rings. The Kier molecular flexibility index (Phi) is 5.02. The average Bonchev–Trinajstić information content (AvgIpc) is 2.88. The number of nitrogens with zero attached hydrogens (tertiary/aromatic N) is 1. The van der Waals surface area contributed by atoms with E-state index < -0.39 is 0 Å². The van der Waals surface area contributed by atoms with Crippen LogP contribution in [-0.4, -0.2) is 11.6 Å². The molecule has 0 amide bonds. The van der Waals surface area contributed by atoms with Crippen LogP contribution in [0.25, 0.3) is 0 Å². The molecule has 0 spiro atoms. The van der Waals surface area contributed by atoms with Gasteiger partial charge in [0.1, 0.15) is 0 Å². The van der Waals surface area contributed by atoms with Gasteiger partial charge in [0.15, 0.2) is 0 Å². The molecule has 0 fully saturated rings. The van der Waals surface area contributed by atoms with Gasteiger partial charge in [-0.3, -0.25) is 0 Å². The SMILES string of the molecule is CCCC(NC)c1ccn(Cc2cc(C)ccc2C)c1. The van der Waals surface area contributed by atoms with Crippen LogP contribution in [-0.2, 0) is 6.54 Å². The van der Waals surface area contributed by atoms with Crippen molar-refractivity contribution in [3.8, 4) is 0 Å². The fourth-order valence-corrected chi connectivity index (χ4v) is 2.70. The van der Waals surface area contributed by atoms with Crippen LogP contribution in [0.4, 0.5) is 0 Å². The van der Waals surface area contributed by atoms with E-state index in [1.165, 1.54) is 35.1 Å². The van der Waals surface area contributed by atoms with Crippen molar-refractivity contribution >= 4 is 0 Å². The summed E-state index contributed by atoms with van der Waals surface area (Å²) in [5, 5.41) is 3.40. The van der Waals surface area contributed by atoms with Crippen molar-refractivity contribution in [3.05, 3.63) is 58.9 Å². The number of aromatic nitrogens is 1. The van der Waals surface area contributed by atoms with Gasteiger partial charge < -0.3 is 9.88 Å². The van der Waals surface area contributed by atoms with E-state index in [2.05, 4.69) is 67.3 Å². The van der Waals surface area contributed by atoms with Crippen LogP contribution < -0.4 is 5.32 Å². The van der Waals surface area contributed by atoms with Gasteiger partial charge in [-0.15, -0.1) is 0 Å². The molecule has 1 unspecified atom stereocenters. The van der Waals surface area contributed by atoms with E-state index in [1.54, 1.807) is 0 Å². The number of rotatable bonds is 6. The molecule has 1 N–H and O–H groups in total. The van der Waals surface area contributed by atoms with E-state index in [0.29, 0.717) is 6.04 Å². The number of benzene rings is 1. The molecule has 0 saturated carbocycles. The van der Waals surface area contributed by atoms with Gasteiger partial charge in [-0.25, -0.2) is 0 Å². The fourth-order valence-electron chi connectivity index (χ4n) is 2.70. The van der Waals surface area contributed by atoms with E-state index in [-0.39, 0.29) is 0 Å². The molecule has 0 aliphatic heterocycles. The van der Waals surface area contributed by atoms with Crippen molar-refractivity contribution in [2.75, 3.05) is 7.05 Å². The zero-order valence-electron chi connectivity index (χ0n) is 13.1. The van der Waals surface area contributed by atoms with E-state index >= 15 is 0 Å². The van der Waals surface area contributed by atoms with E-state index in [9.17, 15) is 0 Å². The molecule has 1 aromatic heterocycles. The topological polar surface area (TPSA) is 17.0 Å². The fraction of sp³-hybridized carbons (Fsp3) is 0.444. The van der Waals surface area contributed by atoms with Crippen molar-refractivity contribution in [2.45, 2.75) is 46.2 Å². The summed E-state index contributed by atoms with van der Waals surface area (Å²) in [6, 6.07) is 9.39. The number of hydrogen-bond acceptors (Lipinski definition) is 1. The first-order chi connectivity index (χ1) is 9.63. The van der Waals surface area contributed by atoms with Crippen LogP contribution in [0.3, 0.4) is 0 Å². The van der Waals surface area contributed by atoms with Crippen LogP contribution in [0, 0.1) is 13.8 Å². The van der Waals surface area contributed by atoms with Gasteiger partial charge in [0.25, 0.3) is 0 Å². The predicted octanol–water partition coefficient (Wildman–Crippen LogP) is 4.21. The van der Waals surface area contributed by atoms with Gasteiger partial charge in [-0.05, 0) is 50.1 Å². The van der Waals surface area contributed by atoms with Crippen molar-refractivity contribution < 1.29 is 0 Å². The maximum absolute atomic E-state index is 3.40. The van der Waals surface area contributed by atoms with E-state index in [0.717, 1.165) is 6.54 Å². The first kappa shape index (κ1) is 14.9. The second kappa shape index (κ2) is 6.76. The second-order valence-corrected chi connectivity index (χ2v) is 5.68. The summed E-state index contributed by atoms with van der Waals surface area (Å²) in [7, 11) is 2.04. The molecule has 0 saturated heterocycles. The van der Waals surface area contributed by atoms with Crippen molar-refractivity contribution in [1.82, 2.24) is 9.88 Å². The minimum atomic E-state index is 0.472. The minimum absolute atomic E-state index is 0.472. The summed E-state index contributed by atoms with van der Waals surface area (Å²) in [6.45, 7) is 7.53. The van der Waals surface area contributed by atoms with Gasteiger partial charge in [-0.2, -0.15) is 0 Å². The molecule has 1 heterocycles. The van der Waals surface area contributed by atoms with Crippen molar-refractivity contribution in [3.63, 3.8) is 0 Å². The molecule has 0 aliphatic rings. The smallest absolute Gasteiger partial charge is 0.0473 e. The molecular formula is C18H26N2. The molecule has 1 atom stereocenters. The zero-order valence-corrected chi connectivity index (χ0v) is 13.1. The van der Waals surface area contributed by atoms with E-state index in [4.69, 9.17) is 0 Å². The first-order valence-electron chi connectivity index (χ1n) is 7.53. The molecule has 2 nitrogen and oxygen atoms in total. The average molecular weight is 270 g/mol. The van der Waals surface area contributed by atoms with Crippen LogP contribution in [0.2, 0.25) is 0 Å². The summed E-state index contributed by atoms with van der Waals surface area (Å²) in [6.07, 6.45) is 6.85. The maximum atomic E-state index is 3.40. The molecule has 20 heavy (non-hydrogen) atoms. The minimum Gasteiger partial charge on any atom is -0.350 e. The summed E-state index contributed by atoms with van der Waals surface area (Å²) >= 11 is 0.